The van der Waals surface area contributed by atoms with Gasteiger partial charge in [-0.05, 0) is 0 Å². The fraction of sp³-hybridized carbons (Fsp3) is 1.00. The van der Waals surface area contributed by atoms with Gasteiger partial charge in [-0.25, -0.2) is 0 Å². The second kappa shape index (κ2) is 5.78. The van der Waals surface area contributed by atoms with E-state index in [1.807, 2.05) is 0 Å². The van der Waals surface area contributed by atoms with E-state index >= 15 is 0 Å². The highest BCUT2D eigenvalue weighted by Crippen LogP contribution is 2.35. The van der Waals surface area contributed by atoms with Crippen LogP contribution in [-0.2, 0) is 18.9 Å². The standard InChI is InChI=1S/C16H30O5/c1-14(2,3)12-18-7-11(8-19-12)16(17)9-20-13(21-10-16)15(4,5)6/h11-13,17H,7-10H2,1-6H3. The van der Waals surface area contributed by atoms with Crippen LogP contribution in [0.15, 0.2) is 0 Å². The van der Waals surface area contributed by atoms with Crippen LogP contribution in [0.25, 0.3) is 0 Å². The maximum Gasteiger partial charge on any atom is 0.162 e. The number of ether oxygens (including phenoxy) is 4. The lowest BCUT2D eigenvalue weighted by Crippen LogP contribution is -2.59. The third-order valence-electron chi connectivity index (χ3n) is 4.04. The van der Waals surface area contributed by atoms with E-state index in [1.165, 1.54) is 0 Å². The molecule has 0 aromatic carbocycles. The van der Waals surface area contributed by atoms with Crippen LogP contribution >= 0.6 is 0 Å². The van der Waals surface area contributed by atoms with E-state index in [0.29, 0.717) is 13.2 Å². The van der Waals surface area contributed by atoms with E-state index < -0.39 is 5.60 Å². The van der Waals surface area contributed by atoms with Crippen molar-refractivity contribution in [2.24, 2.45) is 16.7 Å². The van der Waals surface area contributed by atoms with Gasteiger partial charge in [-0.3, -0.25) is 0 Å². The van der Waals surface area contributed by atoms with E-state index in [1.54, 1.807) is 0 Å². The first-order valence-electron chi connectivity index (χ1n) is 7.71. The summed E-state index contributed by atoms with van der Waals surface area (Å²) in [6.45, 7) is 13.8. The minimum Gasteiger partial charge on any atom is -0.385 e. The third kappa shape index (κ3) is 3.96. The summed E-state index contributed by atoms with van der Waals surface area (Å²) >= 11 is 0. The normalized spacial score (nSPS) is 39.3. The Morgan fingerprint density at radius 3 is 1.52 bits per heavy atom. The Morgan fingerprint density at radius 1 is 0.762 bits per heavy atom. The summed E-state index contributed by atoms with van der Waals surface area (Å²) in [6, 6.07) is 0. The first-order chi connectivity index (χ1) is 9.52. The molecule has 2 fully saturated rings. The molecule has 2 aliphatic rings. The third-order valence-corrected chi connectivity index (χ3v) is 4.04. The Bertz CT molecular complexity index is 339. The molecule has 124 valence electrons. The van der Waals surface area contributed by atoms with Crippen LogP contribution in [0.3, 0.4) is 0 Å². The number of hydrogen-bond donors (Lipinski definition) is 1. The molecule has 1 N–H and O–H groups in total. The summed E-state index contributed by atoms with van der Waals surface area (Å²) in [5.74, 6) is -0.128. The molecule has 21 heavy (non-hydrogen) atoms. The molecule has 0 bridgehead atoms. The molecular formula is C16H30O5. The second-order valence-corrected chi connectivity index (χ2v) is 8.49. The van der Waals surface area contributed by atoms with Crippen molar-refractivity contribution >= 4 is 0 Å². The Kier molecular flexibility index (Phi) is 4.72. The summed E-state index contributed by atoms with van der Waals surface area (Å²) < 4.78 is 23.0. The summed E-state index contributed by atoms with van der Waals surface area (Å²) in [5, 5.41) is 10.8. The van der Waals surface area contributed by atoms with Gasteiger partial charge in [0.2, 0.25) is 0 Å². The summed E-state index contributed by atoms with van der Waals surface area (Å²) in [6.07, 6.45) is -0.518. The van der Waals surface area contributed by atoms with Gasteiger partial charge in [0.15, 0.2) is 12.6 Å². The van der Waals surface area contributed by atoms with Crippen LogP contribution in [0.1, 0.15) is 41.5 Å². The lowest BCUT2D eigenvalue weighted by Gasteiger charge is -2.47. The molecule has 0 atom stereocenters. The zero-order chi connectivity index (χ0) is 15.9. The summed E-state index contributed by atoms with van der Waals surface area (Å²) in [4.78, 5) is 0. The van der Waals surface area contributed by atoms with Crippen LogP contribution in [0.5, 0.6) is 0 Å². The predicted octanol–water partition coefficient (Wildman–Crippen LogP) is 2.17. The lowest BCUT2D eigenvalue weighted by atomic mass is 9.86. The zero-order valence-corrected chi connectivity index (χ0v) is 14.1. The fourth-order valence-corrected chi connectivity index (χ4v) is 2.58. The summed E-state index contributed by atoms with van der Waals surface area (Å²) in [7, 11) is 0. The number of rotatable bonds is 1. The fourth-order valence-electron chi connectivity index (χ4n) is 2.58. The van der Waals surface area contributed by atoms with Crippen molar-refractivity contribution in [3.63, 3.8) is 0 Å². The SMILES string of the molecule is CC(C)(C)C1OCC(C2(O)COC(C(C)(C)C)OC2)CO1. The Morgan fingerprint density at radius 2 is 1.14 bits per heavy atom. The molecule has 5 nitrogen and oxygen atoms in total. The van der Waals surface area contributed by atoms with Gasteiger partial charge >= 0.3 is 0 Å². The first-order valence-corrected chi connectivity index (χ1v) is 7.71. The first kappa shape index (κ1) is 17.2. The molecule has 0 aromatic heterocycles. The molecule has 0 saturated carbocycles. The summed E-state index contributed by atoms with van der Waals surface area (Å²) in [5.41, 5.74) is -1.20. The maximum atomic E-state index is 10.8. The van der Waals surface area contributed by atoms with Gasteiger partial charge in [0.1, 0.15) is 5.60 Å². The van der Waals surface area contributed by atoms with Gasteiger partial charge in [-0.1, -0.05) is 41.5 Å². The molecule has 0 unspecified atom stereocenters. The van der Waals surface area contributed by atoms with E-state index in [0.717, 1.165) is 0 Å². The van der Waals surface area contributed by atoms with Gasteiger partial charge in [-0.2, -0.15) is 0 Å². The molecule has 2 rings (SSSR count). The second-order valence-electron chi connectivity index (χ2n) is 8.49. The highest BCUT2D eigenvalue weighted by molar-refractivity contribution is 4.91. The van der Waals surface area contributed by atoms with E-state index in [9.17, 15) is 5.11 Å². The Balaban J connectivity index is 1.89. The van der Waals surface area contributed by atoms with Crippen molar-refractivity contribution in [1.29, 1.82) is 0 Å². The lowest BCUT2D eigenvalue weighted by molar-refractivity contribution is -0.322. The molecule has 0 aliphatic carbocycles. The smallest absolute Gasteiger partial charge is 0.162 e. The molecule has 0 spiro atoms. The Labute approximate surface area is 127 Å². The van der Waals surface area contributed by atoms with E-state index in [-0.39, 0.29) is 42.5 Å². The highest BCUT2D eigenvalue weighted by Gasteiger charge is 2.47. The topological polar surface area (TPSA) is 57.2 Å². The molecule has 0 radical (unpaired) electrons. The van der Waals surface area contributed by atoms with Crippen LogP contribution in [0, 0.1) is 16.7 Å². The van der Waals surface area contributed by atoms with Crippen molar-refractivity contribution in [2.45, 2.75) is 59.7 Å². The maximum absolute atomic E-state index is 10.8. The molecule has 2 heterocycles. The quantitative estimate of drug-likeness (QED) is 0.804. The molecule has 2 saturated heterocycles. The largest absolute Gasteiger partial charge is 0.385 e. The number of hydrogen-bond acceptors (Lipinski definition) is 5. The average molecular weight is 302 g/mol. The van der Waals surface area contributed by atoms with Crippen LogP contribution < -0.4 is 0 Å². The van der Waals surface area contributed by atoms with Crippen molar-refractivity contribution in [2.75, 3.05) is 26.4 Å². The monoisotopic (exact) mass is 302 g/mol. The minimum absolute atomic E-state index is 0.0650. The van der Waals surface area contributed by atoms with Crippen LogP contribution in [0.2, 0.25) is 0 Å². The van der Waals surface area contributed by atoms with Crippen molar-refractivity contribution in [1.82, 2.24) is 0 Å². The van der Waals surface area contributed by atoms with Crippen molar-refractivity contribution < 1.29 is 24.1 Å². The van der Waals surface area contributed by atoms with Crippen LogP contribution in [0.4, 0.5) is 0 Å². The molecule has 2 aliphatic heterocycles. The molecule has 0 amide bonds. The van der Waals surface area contributed by atoms with Gasteiger partial charge in [0.05, 0.1) is 26.4 Å². The number of aliphatic hydroxyl groups is 1. The minimum atomic E-state index is -1.04. The predicted molar refractivity (Wildman–Crippen MR) is 78.7 cm³/mol. The van der Waals surface area contributed by atoms with Crippen molar-refractivity contribution in [3.8, 4) is 0 Å². The van der Waals surface area contributed by atoms with E-state index in [2.05, 4.69) is 41.5 Å². The van der Waals surface area contributed by atoms with Crippen LogP contribution in [-0.4, -0.2) is 49.7 Å². The molecular weight excluding hydrogens is 272 g/mol. The van der Waals surface area contributed by atoms with E-state index in [4.69, 9.17) is 18.9 Å². The highest BCUT2D eigenvalue weighted by atomic mass is 16.7. The van der Waals surface area contributed by atoms with Gasteiger partial charge in [-0.15, -0.1) is 0 Å². The van der Waals surface area contributed by atoms with Crippen molar-refractivity contribution in [3.05, 3.63) is 0 Å². The zero-order valence-electron chi connectivity index (χ0n) is 14.1. The molecule has 0 aromatic rings. The van der Waals surface area contributed by atoms with Gasteiger partial charge < -0.3 is 24.1 Å². The Hall–Kier alpha value is -0.200. The average Bonchev–Trinajstić information content (AvgIpc) is 2.37. The molecule has 5 heteroatoms. The van der Waals surface area contributed by atoms with Gasteiger partial charge in [0.25, 0.3) is 0 Å². The van der Waals surface area contributed by atoms with Gasteiger partial charge in [0, 0.05) is 16.7 Å².